The summed E-state index contributed by atoms with van der Waals surface area (Å²) in [6.45, 7) is 9.52. The van der Waals surface area contributed by atoms with Crippen molar-refractivity contribution in [3.8, 4) is 0 Å². The maximum absolute atomic E-state index is 3.56. The highest BCUT2D eigenvalue weighted by Crippen LogP contribution is 2.36. The molecule has 1 heteroatoms. The first-order valence-electron chi connectivity index (χ1n) is 7.21. The predicted octanol–water partition coefficient (Wildman–Crippen LogP) is 4.08. The zero-order valence-corrected chi connectivity index (χ0v) is 11.9. The molecule has 0 radical (unpaired) electrons. The first-order valence-corrected chi connectivity index (χ1v) is 7.21. The van der Waals surface area contributed by atoms with Gasteiger partial charge in [-0.1, -0.05) is 34.1 Å². The molecule has 0 aromatic rings. The summed E-state index contributed by atoms with van der Waals surface area (Å²) in [6, 6.07) is 0.761. The van der Waals surface area contributed by atoms with E-state index in [-0.39, 0.29) is 0 Å². The van der Waals surface area contributed by atoms with Crippen LogP contribution in [0.2, 0.25) is 0 Å². The number of hydrogen-bond donors (Lipinski definition) is 1. The molecular weight excluding hydrogens is 194 g/mol. The van der Waals surface area contributed by atoms with Gasteiger partial charge in [-0.25, -0.2) is 0 Å². The van der Waals surface area contributed by atoms with Crippen LogP contribution >= 0.6 is 0 Å². The second-order valence-corrected chi connectivity index (χ2v) is 6.39. The van der Waals surface area contributed by atoms with Crippen LogP contribution in [0.25, 0.3) is 0 Å². The van der Waals surface area contributed by atoms with E-state index in [1.165, 1.54) is 32.1 Å². The lowest BCUT2D eigenvalue weighted by Crippen LogP contribution is -2.37. The Morgan fingerprint density at radius 3 is 2.25 bits per heavy atom. The van der Waals surface area contributed by atoms with E-state index in [1.807, 2.05) is 0 Å². The molecule has 0 aromatic carbocycles. The molecule has 1 N–H and O–H groups in total. The summed E-state index contributed by atoms with van der Waals surface area (Å²) in [4.78, 5) is 0. The zero-order chi connectivity index (χ0) is 12.1. The average Bonchev–Trinajstić information content (AvgIpc) is 2.23. The first kappa shape index (κ1) is 14.0. The van der Waals surface area contributed by atoms with Crippen LogP contribution in [0.1, 0.15) is 59.8 Å². The third kappa shape index (κ3) is 4.08. The molecule has 16 heavy (non-hydrogen) atoms. The van der Waals surface area contributed by atoms with Crippen LogP contribution in [0.15, 0.2) is 0 Å². The molecule has 0 saturated heterocycles. The smallest absolute Gasteiger partial charge is 0.00925 e. The monoisotopic (exact) mass is 225 g/mol. The van der Waals surface area contributed by atoms with Gasteiger partial charge in [-0.15, -0.1) is 0 Å². The van der Waals surface area contributed by atoms with Crippen molar-refractivity contribution >= 4 is 0 Å². The maximum atomic E-state index is 3.56. The molecule has 0 aromatic heterocycles. The summed E-state index contributed by atoms with van der Waals surface area (Å²) in [5, 5.41) is 3.56. The molecule has 4 atom stereocenters. The van der Waals surface area contributed by atoms with Gasteiger partial charge in [0, 0.05) is 6.04 Å². The second-order valence-electron chi connectivity index (χ2n) is 6.39. The van der Waals surface area contributed by atoms with Crippen molar-refractivity contribution in [3.63, 3.8) is 0 Å². The van der Waals surface area contributed by atoms with Crippen molar-refractivity contribution in [2.75, 3.05) is 7.05 Å². The van der Waals surface area contributed by atoms with E-state index in [1.54, 1.807) is 0 Å². The highest BCUT2D eigenvalue weighted by molar-refractivity contribution is 4.83. The van der Waals surface area contributed by atoms with Gasteiger partial charge in [0.05, 0.1) is 0 Å². The van der Waals surface area contributed by atoms with Gasteiger partial charge >= 0.3 is 0 Å². The van der Waals surface area contributed by atoms with Crippen molar-refractivity contribution in [2.45, 2.75) is 65.8 Å². The number of hydrogen-bond acceptors (Lipinski definition) is 1. The summed E-state index contributed by atoms with van der Waals surface area (Å²) < 4.78 is 0. The molecular formula is C15H31N. The Bertz CT molecular complexity index is 188. The van der Waals surface area contributed by atoms with E-state index in [4.69, 9.17) is 0 Å². The van der Waals surface area contributed by atoms with Gasteiger partial charge in [0.15, 0.2) is 0 Å². The van der Waals surface area contributed by atoms with E-state index >= 15 is 0 Å². The van der Waals surface area contributed by atoms with Crippen LogP contribution in [0.4, 0.5) is 0 Å². The van der Waals surface area contributed by atoms with Gasteiger partial charge in [-0.05, 0) is 56.4 Å². The number of rotatable bonds is 5. The minimum atomic E-state index is 0.761. The standard InChI is InChI=1S/C15H31N/c1-11(2)6-9-15(16-5)14-8-7-12(3)13(4)10-14/h11-16H,6-10H2,1-5H3. The van der Waals surface area contributed by atoms with Gasteiger partial charge in [0.25, 0.3) is 0 Å². The largest absolute Gasteiger partial charge is 0.317 e. The van der Waals surface area contributed by atoms with Crippen LogP contribution in [-0.4, -0.2) is 13.1 Å². The van der Waals surface area contributed by atoms with E-state index in [9.17, 15) is 0 Å². The van der Waals surface area contributed by atoms with Crippen molar-refractivity contribution in [3.05, 3.63) is 0 Å². The minimum absolute atomic E-state index is 0.761. The average molecular weight is 225 g/mol. The summed E-state index contributed by atoms with van der Waals surface area (Å²) in [5.41, 5.74) is 0. The summed E-state index contributed by atoms with van der Waals surface area (Å²) in [5.74, 6) is 3.64. The molecule has 1 aliphatic rings. The van der Waals surface area contributed by atoms with Gasteiger partial charge in [-0.3, -0.25) is 0 Å². The Morgan fingerprint density at radius 2 is 1.75 bits per heavy atom. The molecule has 1 rings (SSSR count). The second kappa shape index (κ2) is 6.64. The fourth-order valence-corrected chi connectivity index (χ4v) is 3.08. The zero-order valence-electron chi connectivity index (χ0n) is 11.9. The minimum Gasteiger partial charge on any atom is -0.317 e. The van der Waals surface area contributed by atoms with Crippen LogP contribution in [0, 0.1) is 23.7 Å². The summed E-state index contributed by atoms with van der Waals surface area (Å²) in [6.07, 6.45) is 7.04. The lowest BCUT2D eigenvalue weighted by atomic mass is 9.72. The molecule has 1 aliphatic carbocycles. The molecule has 0 amide bonds. The molecule has 4 unspecified atom stereocenters. The Balaban J connectivity index is 2.40. The van der Waals surface area contributed by atoms with Crippen molar-refractivity contribution < 1.29 is 0 Å². The van der Waals surface area contributed by atoms with E-state index in [2.05, 4.69) is 40.1 Å². The van der Waals surface area contributed by atoms with Crippen molar-refractivity contribution in [1.82, 2.24) is 5.32 Å². The Morgan fingerprint density at radius 1 is 1.06 bits per heavy atom. The highest BCUT2D eigenvalue weighted by atomic mass is 14.9. The molecule has 0 bridgehead atoms. The molecule has 0 aliphatic heterocycles. The molecule has 0 heterocycles. The molecule has 0 spiro atoms. The molecule has 1 saturated carbocycles. The van der Waals surface area contributed by atoms with Crippen LogP contribution in [0.5, 0.6) is 0 Å². The predicted molar refractivity (Wildman–Crippen MR) is 72.6 cm³/mol. The normalized spacial score (nSPS) is 33.0. The molecule has 1 nitrogen and oxygen atoms in total. The van der Waals surface area contributed by atoms with E-state index in [0.717, 1.165) is 29.7 Å². The fourth-order valence-electron chi connectivity index (χ4n) is 3.08. The Hall–Kier alpha value is -0.0400. The van der Waals surface area contributed by atoms with Gasteiger partial charge in [0.2, 0.25) is 0 Å². The van der Waals surface area contributed by atoms with Crippen LogP contribution in [0.3, 0.4) is 0 Å². The first-order chi connectivity index (χ1) is 7.54. The van der Waals surface area contributed by atoms with Gasteiger partial charge in [-0.2, -0.15) is 0 Å². The summed E-state index contributed by atoms with van der Waals surface area (Å²) >= 11 is 0. The van der Waals surface area contributed by atoms with Gasteiger partial charge in [0.1, 0.15) is 0 Å². The van der Waals surface area contributed by atoms with Crippen LogP contribution < -0.4 is 5.32 Å². The number of nitrogens with one attached hydrogen (secondary N) is 1. The van der Waals surface area contributed by atoms with Crippen molar-refractivity contribution in [1.29, 1.82) is 0 Å². The summed E-state index contributed by atoms with van der Waals surface area (Å²) in [7, 11) is 2.15. The fraction of sp³-hybridized carbons (Fsp3) is 1.00. The van der Waals surface area contributed by atoms with Crippen molar-refractivity contribution in [2.24, 2.45) is 23.7 Å². The third-order valence-corrected chi connectivity index (χ3v) is 4.63. The maximum Gasteiger partial charge on any atom is 0.00925 e. The van der Waals surface area contributed by atoms with Gasteiger partial charge < -0.3 is 5.32 Å². The molecule has 1 fully saturated rings. The highest BCUT2D eigenvalue weighted by Gasteiger charge is 2.29. The lowest BCUT2D eigenvalue weighted by Gasteiger charge is -2.37. The topological polar surface area (TPSA) is 12.0 Å². The van der Waals surface area contributed by atoms with E-state index < -0.39 is 0 Å². The van der Waals surface area contributed by atoms with Crippen LogP contribution in [-0.2, 0) is 0 Å². The quantitative estimate of drug-likeness (QED) is 0.743. The SMILES string of the molecule is CNC(CCC(C)C)C1CCC(C)C(C)C1. The molecule has 96 valence electrons. The third-order valence-electron chi connectivity index (χ3n) is 4.63. The Labute approximate surface area is 102 Å². The van der Waals surface area contributed by atoms with E-state index in [0.29, 0.717) is 0 Å². The lowest BCUT2D eigenvalue weighted by molar-refractivity contribution is 0.167. The Kier molecular flexibility index (Phi) is 5.82.